The Morgan fingerprint density at radius 3 is 2.68 bits per heavy atom. The minimum atomic E-state index is -0.823. The first-order valence-electron chi connectivity index (χ1n) is 9.92. The van der Waals surface area contributed by atoms with Crippen molar-refractivity contribution in [1.82, 2.24) is 9.80 Å². The fourth-order valence-corrected chi connectivity index (χ4v) is 4.47. The lowest BCUT2D eigenvalue weighted by atomic mass is 9.79. The van der Waals surface area contributed by atoms with Gasteiger partial charge in [0.2, 0.25) is 5.91 Å². The minimum Gasteiger partial charge on any atom is -0.469 e. The highest BCUT2D eigenvalue weighted by atomic mass is 19.2. The van der Waals surface area contributed by atoms with Crippen LogP contribution in [0.15, 0.2) is 18.2 Å². The highest BCUT2D eigenvalue weighted by Gasteiger charge is 2.42. The molecule has 2 heterocycles. The number of esters is 1. The Bertz CT molecular complexity index is 728. The van der Waals surface area contributed by atoms with Gasteiger partial charge in [0.1, 0.15) is 0 Å². The second-order valence-electron chi connectivity index (χ2n) is 8.06. The molecule has 2 saturated heterocycles. The second-order valence-corrected chi connectivity index (χ2v) is 8.06. The lowest BCUT2D eigenvalue weighted by Crippen LogP contribution is -2.45. The van der Waals surface area contributed by atoms with Crippen molar-refractivity contribution in [3.05, 3.63) is 35.4 Å². The van der Waals surface area contributed by atoms with Crippen LogP contribution in [-0.4, -0.2) is 55.0 Å². The Labute approximate surface area is 164 Å². The first kappa shape index (κ1) is 20.7. The third kappa shape index (κ3) is 5.07. The zero-order chi connectivity index (χ0) is 20.1. The van der Waals surface area contributed by atoms with Crippen LogP contribution < -0.4 is 0 Å². The molecule has 0 N–H and O–H groups in total. The van der Waals surface area contributed by atoms with Gasteiger partial charge in [-0.05, 0) is 49.9 Å². The maximum Gasteiger partial charge on any atom is 0.305 e. The second kappa shape index (κ2) is 8.99. The number of hydrogen-bond donors (Lipinski definition) is 0. The molecule has 1 aromatic rings. The van der Waals surface area contributed by atoms with Gasteiger partial charge in [0.15, 0.2) is 11.6 Å². The van der Waals surface area contributed by atoms with Gasteiger partial charge in [-0.25, -0.2) is 8.78 Å². The number of piperidine rings is 1. The van der Waals surface area contributed by atoms with Gasteiger partial charge in [0, 0.05) is 44.4 Å². The van der Waals surface area contributed by atoms with Crippen LogP contribution in [0.5, 0.6) is 0 Å². The molecule has 1 unspecified atom stereocenters. The molecule has 0 radical (unpaired) electrons. The summed E-state index contributed by atoms with van der Waals surface area (Å²) in [6, 6.07) is 4.07. The smallest absolute Gasteiger partial charge is 0.305 e. The van der Waals surface area contributed by atoms with Gasteiger partial charge in [-0.2, -0.15) is 0 Å². The number of carbonyl (C=O) groups excluding carboxylic acids is 2. The van der Waals surface area contributed by atoms with E-state index in [-0.39, 0.29) is 23.7 Å². The summed E-state index contributed by atoms with van der Waals surface area (Å²) >= 11 is 0. The maximum absolute atomic E-state index is 13.5. The predicted molar refractivity (Wildman–Crippen MR) is 100 cm³/mol. The highest BCUT2D eigenvalue weighted by Crippen LogP contribution is 2.39. The summed E-state index contributed by atoms with van der Waals surface area (Å²) in [5, 5.41) is 0. The van der Waals surface area contributed by atoms with Crippen LogP contribution >= 0.6 is 0 Å². The summed E-state index contributed by atoms with van der Waals surface area (Å²) < 4.78 is 31.2. The summed E-state index contributed by atoms with van der Waals surface area (Å²) in [5.74, 6) is -1.82. The average Bonchev–Trinajstić information content (AvgIpc) is 3.07. The van der Waals surface area contributed by atoms with Crippen molar-refractivity contribution in [3.63, 3.8) is 0 Å². The van der Waals surface area contributed by atoms with E-state index in [4.69, 9.17) is 0 Å². The minimum absolute atomic E-state index is 0.0782. The number of amides is 1. The van der Waals surface area contributed by atoms with Crippen LogP contribution in [0.2, 0.25) is 0 Å². The van der Waals surface area contributed by atoms with E-state index >= 15 is 0 Å². The SMILES string of the molecule is COC(=O)CCCC(=O)N1CCC2(CCCN(Cc3ccc(F)c(F)c3)C2)C1. The molecule has 1 aromatic carbocycles. The number of rotatable bonds is 6. The first-order valence-corrected chi connectivity index (χ1v) is 9.92. The van der Waals surface area contributed by atoms with Crippen molar-refractivity contribution in [1.29, 1.82) is 0 Å². The van der Waals surface area contributed by atoms with Crippen molar-refractivity contribution in [2.75, 3.05) is 33.3 Å². The first-order chi connectivity index (χ1) is 13.4. The van der Waals surface area contributed by atoms with Crippen LogP contribution in [0.3, 0.4) is 0 Å². The summed E-state index contributed by atoms with van der Waals surface area (Å²) in [4.78, 5) is 27.8. The molecule has 1 spiro atoms. The zero-order valence-corrected chi connectivity index (χ0v) is 16.4. The number of carbonyl (C=O) groups is 2. The number of hydrogen-bond acceptors (Lipinski definition) is 4. The van der Waals surface area contributed by atoms with Crippen molar-refractivity contribution in [3.8, 4) is 0 Å². The fraction of sp³-hybridized carbons (Fsp3) is 0.619. The number of benzene rings is 1. The molecule has 3 rings (SSSR count). The van der Waals surface area contributed by atoms with Gasteiger partial charge in [0.25, 0.3) is 0 Å². The predicted octanol–water partition coefficient (Wildman–Crippen LogP) is 3.12. The summed E-state index contributed by atoms with van der Waals surface area (Å²) in [6.07, 6.45) is 4.22. The lowest BCUT2D eigenvalue weighted by Gasteiger charge is -2.40. The van der Waals surface area contributed by atoms with Crippen LogP contribution in [0.25, 0.3) is 0 Å². The van der Waals surface area contributed by atoms with E-state index in [1.165, 1.54) is 19.2 Å². The van der Waals surface area contributed by atoms with E-state index in [1.807, 2.05) is 4.90 Å². The molecule has 154 valence electrons. The van der Waals surface area contributed by atoms with Gasteiger partial charge >= 0.3 is 5.97 Å². The van der Waals surface area contributed by atoms with Crippen molar-refractivity contribution >= 4 is 11.9 Å². The zero-order valence-electron chi connectivity index (χ0n) is 16.4. The Hall–Kier alpha value is -2.02. The summed E-state index contributed by atoms with van der Waals surface area (Å²) in [5.41, 5.74) is 0.846. The summed E-state index contributed by atoms with van der Waals surface area (Å²) in [7, 11) is 1.35. The van der Waals surface area contributed by atoms with Crippen LogP contribution in [0, 0.1) is 17.0 Å². The monoisotopic (exact) mass is 394 g/mol. The third-order valence-electron chi connectivity index (χ3n) is 5.92. The Balaban J connectivity index is 1.52. The Morgan fingerprint density at radius 2 is 1.93 bits per heavy atom. The largest absolute Gasteiger partial charge is 0.469 e. The van der Waals surface area contributed by atoms with E-state index in [0.717, 1.165) is 51.0 Å². The van der Waals surface area contributed by atoms with E-state index in [1.54, 1.807) is 6.07 Å². The number of ether oxygens (including phenoxy) is 1. The molecular weight excluding hydrogens is 366 g/mol. The molecule has 2 aliphatic heterocycles. The van der Waals surface area contributed by atoms with E-state index in [0.29, 0.717) is 19.4 Å². The molecule has 7 heteroatoms. The molecular formula is C21H28F2N2O3. The van der Waals surface area contributed by atoms with Gasteiger partial charge in [-0.3, -0.25) is 14.5 Å². The molecule has 1 atom stereocenters. The Kier molecular flexibility index (Phi) is 6.65. The topological polar surface area (TPSA) is 49.9 Å². The fourth-order valence-electron chi connectivity index (χ4n) is 4.47. The van der Waals surface area contributed by atoms with Gasteiger partial charge in [-0.1, -0.05) is 6.07 Å². The van der Waals surface area contributed by atoms with Crippen LogP contribution in [0.4, 0.5) is 8.78 Å². The molecule has 0 saturated carbocycles. The molecule has 2 aliphatic rings. The third-order valence-corrected chi connectivity index (χ3v) is 5.92. The molecule has 1 amide bonds. The Morgan fingerprint density at radius 1 is 1.11 bits per heavy atom. The standard InChI is InChI=1S/C21H28F2N2O3/c1-28-20(27)5-2-4-19(26)25-11-9-21(15-25)8-3-10-24(14-21)13-16-6-7-17(22)18(23)12-16/h6-7,12H,2-5,8-11,13-15H2,1H3. The molecule has 0 aromatic heterocycles. The van der Waals surface area contributed by atoms with Gasteiger partial charge in [0.05, 0.1) is 7.11 Å². The molecule has 0 aliphatic carbocycles. The number of methoxy groups -OCH3 is 1. The van der Waals surface area contributed by atoms with Crippen molar-refractivity contribution in [2.24, 2.45) is 5.41 Å². The highest BCUT2D eigenvalue weighted by molar-refractivity contribution is 5.77. The lowest BCUT2D eigenvalue weighted by molar-refractivity contribution is -0.140. The normalized spacial score (nSPS) is 22.6. The number of likely N-dealkylation sites (tertiary alicyclic amines) is 2. The quantitative estimate of drug-likeness (QED) is 0.696. The van der Waals surface area contributed by atoms with Crippen LogP contribution in [-0.2, 0) is 20.9 Å². The molecule has 5 nitrogen and oxygen atoms in total. The number of nitrogens with zero attached hydrogens (tertiary/aromatic N) is 2. The van der Waals surface area contributed by atoms with E-state index in [9.17, 15) is 18.4 Å². The van der Waals surface area contributed by atoms with E-state index in [2.05, 4.69) is 9.64 Å². The van der Waals surface area contributed by atoms with Crippen molar-refractivity contribution < 1.29 is 23.1 Å². The van der Waals surface area contributed by atoms with Crippen molar-refractivity contribution in [2.45, 2.75) is 45.1 Å². The van der Waals surface area contributed by atoms with Gasteiger partial charge < -0.3 is 9.64 Å². The molecule has 28 heavy (non-hydrogen) atoms. The van der Waals surface area contributed by atoms with Gasteiger partial charge in [-0.15, -0.1) is 0 Å². The van der Waals surface area contributed by atoms with Crippen LogP contribution in [0.1, 0.15) is 44.1 Å². The molecule has 2 fully saturated rings. The number of halogens is 2. The average molecular weight is 394 g/mol. The maximum atomic E-state index is 13.5. The van der Waals surface area contributed by atoms with E-state index < -0.39 is 11.6 Å². The molecule has 0 bridgehead atoms. The summed E-state index contributed by atoms with van der Waals surface area (Å²) in [6.45, 7) is 3.85.